The molecule has 0 atom stereocenters. The lowest BCUT2D eigenvalue weighted by Gasteiger charge is -2.27. The predicted octanol–water partition coefficient (Wildman–Crippen LogP) is 5.30. The maximum atomic E-state index is 5.43. The number of likely N-dealkylation sites (N-methyl/N-ethyl adjacent to an activating group) is 1. The largest absolute Gasteiger partial charge is 0.379 e. The standard InChI is InChI=1S/C32H38N6O/c1-2-38(18-16-33-15-17-37-19-21-39-22-20-37)30-13-11-29(12-14-30)36-32-24-31(34-25-35-32)28-10-6-9-27(23-28)26-7-4-3-5-8-26/h3-14,23-25,33H,2,15-22H2,1H3,(H,34,35,36). The number of anilines is 3. The van der Waals surface area contributed by atoms with Crippen LogP contribution >= 0.6 is 0 Å². The summed E-state index contributed by atoms with van der Waals surface area (Å²) in [5.41, 5.74) is 6.54. The molecule has 1 fully saturated rings. The Bertz CT molecular complexity index is 1290. The van der Waals surface area contributed by atoms with Gasteiger partial charge in [0.1, 0.15) is 12.1 Å². The van der Waals surface area contributed by atoms with Crippen LogP contribution in [0.4, 0.5) is 17.2 Å². The summed E-state index contributed by atoms with van der Waals surface area (Å²) < 4.78 is 5.43. The van der Waals surface area contributed by atoms with Crippen molar-refractivity contribution in [1.29, 1.82) is 0 Å². The second-order valence-corrected chi connectivity index (χ2v) is 9.69. The first kappa shape index (κ1) is 26.8. The second-order valence-electron chi connectivity index (χ2n) is 9.69. The zero-order valence-electron chi connectivity index (χ0n) is 22.7. The van der Waals surface area contributed by atoms with E-state index in [1.807, 2.05) is 12.1 Å². The van der Waals surface area contributed by atoms with Crippen LogP contribution in [0.25, 0.3) is 22.4 Å². The first-order valence-electron chi connectivity index (χ1n) is 13.9. The molecular weight excluding hydrogens is 484 g/mol. The normalized spacial score (nSPS) is 13.8. The number of rotatable bonds is 12. The van der Waals surface area contributed by atoms with Crippen molar-refractivity contribution in [3.8, 4) is 22.4 Å². The maximum Gasteiger partial charge on any atom is 0.134 e. The number of morpholine rings is 1. The summed E-state index contributed by atoms with van der Waals surface area (Å²) in [7, 11) is 0. The molecule has 7 heteroatoms. The van der Waals surface area contributed by atoms with Crippen LogP contribution in [0.5, 0.6) is 0 Å². The van der Waals surface area contributed by atoms with Gasteiger partial charge in [-0.15, -0.1) is 0 Å². The molecule has 0 amide bonds. The molecule has 1 saturated heterocycles. The van der Waals surface area contributed by atoms with Crippen molar-refractivity contribution in [2.75, 3.05) is 69.2 Å². The Morgan fingerprint density at radius 3 is 2.38 bits per heavy atom. The molecule has 5 rings (SSSR count). The van der Waals surface area contributed by atoms with Gasteiger partial charge in [0.15, 0.2) is 0 Å². The van der Waals surface area contributed by atoms with Gasteiger partial charge >= 0.3 is 0 Å². The number of ether oxygens (including phenoxy) is 1. The molecule has 7 nitrogen and oxygen atoms in total. The van der Waals surface area contributed by atoms with Crippen LogP contribution in [0.2, 0.25) is 0 Å². The van der Waals surface area contributed by atoms with E-state index < -0.39 is 0 Å². The van der Waals surface area contributed by atoms with E-state index in [2.05, 4.69) is 110 Å². The molecule has 2 heterocycles. The molecule has 0 aliphatic carbocycles. The minimum atomic E-state index is 0.773. The third-order valence-corrected chi connectivity index (χ3v) is 7.09. The van der Waals surface area contributed by atoms with Crippen molar-refractivity contribution < 1.29 is 4.74 Å². The fourth-order valence-corrected chi connectivity index (χ4v) is 4.85. The lowest BCUT2D eigenvalue weighted by Crippen LogP contribution is -2.41. The number of benzene rings is 3. The minimum Gasteiger partial charge on any atom is -0.379 e. The molecule has 4 aromatic rings. The van der Waals surface area contributed by atoms with Crippen LogP contribution in [-0.4, -0.2) is 73.9 Å². The van der Waals surface area contributed by atoms with Crippen molar-refractivity contribution in [3.63, 3.8) is 0 Å². The highest BCUT2D eigenvalue weighted by Gasteiger charge is 2.10. The van der Waals surface area contributed by atoms with Crippen LogP contribution in [0.3, 0.4) is 0 Å². The highest BCUT2D eigenvalue weighted by atomic mass is 16.5. The van der Waals surface area contributed by atoms with E-state index in [1.54, 1.807) is 6.33 Å². The summed E-state index contributed by atoms with van der Waals surface area (Å²) in [5.74, 6) is 0.773. The molecule has 39 heavy (non-hydrogen) atoms. The first-order chi connectivity index (χ1) is 19.3. The van der Waals surface area contributed by atoms with E-state index in [4.69, 9.17) is 4.74 Å². The summed E-state index contributed by atoms with van der Waals surface area (Å²) in [6.45, 7) is 11.0. The Morgan fingerprint density at radius 1 is 0.821 bits per heavy atom. The van der Waals surface area contributed by atoms with Gasteiger partial charge < -0.3 is 20.3 Å². The lowest BCUT2D eigenvalue weighted by atomic mass is 10.0. The highest BCUT2D eigenvalue weighted by molar-refractivity contribution is 5.73. The van der Waals surface area contributed by atoms with Gasteiger partial charge in [-0.2, -0.15) is 0 Å². The molecule has 0 unspecified atom stereocenters. The van der Waals surface area contributed by atoms with E-state index >= 15 is 0 Å². The van der Waals surface area contributed by atoms with Gasteiger partial charge in [0, 0.05) is 68.8 Å². The van der Waals surface area contributed by atoms with Gasteiger partial charge in [-0.1, -0.05) is 48.5 Å². The molecule has 1 aliphatic heterocycles. The molecule has 0 saturated carbocycles. The van der Waals surface area contributed by atoms with Crippen molar-refractivity contribution in [3.05, 3.63) is 91.3 Å². The van der Waals surface area contributed by atoms with Gasteiger partial charge in [0.05, 0.1) is 18.9 Å². The van der Waals surface area contributed by atoms with Crippen LogP contribution in [0.1, 0.15) is 6.92 Å². The lowest BCUT2D eigenvalue weighted by molar-refractivity contribution is 0.0385. The van der Waals surface area contributed by atoms with Crippen molar-refractivity contribution >= 4 is 17.2 Å². The Hall–Kier alpha value is -3.78. The van der Waals surface area contributed by atoms with Crippen LogP contribution in [-0.2, 0) is 4.74 Å². The fourth-order valence-electron chi connectivity index (χ4n) is 4.85. The summed E-state index contributed by atoms with van der Waals surface area (Å²) in [4.78, 5) is 13.8. The molecule has 0 bridgehead atoms. The minimum absolute atomic E-state index is 0.773. The molecule has 202 valence electrons. The second kappa shape index (κ2) is 13.8. The molecular formula is C32H38N6O. The van der Waals surface area contributed by atoms with Crippen LogP contribution in [0.15, 0.2) is 91.3 Å². The number of hydrogen-bond acceptors (Lipinski definition) is 7. The van der Waals surface area contributed by atoms with Crippen molar-refractivity contribution in [2.45, 2.75) is 6.92 Å². The van der Waals surface area contributed by atoms with Gasteiger partial charge in [-0.05, 0) is 48.4 Å². The molecule has 1 aliphatic rings. The Balaban J connectivity index is 1.15. The summed E-state index contributed by atoms with van der Waals surface area (Å²) >= 11 is 0. The third kappa shape index (κ3) is 7.63. The number of nitrogens with one attached hydrogen (secondary N) is 2. The summed E-state index contributed by atoms with van der Waals surface area (Å²) in [6.07, 6.45) is 1.62. The van der Waals surface area contributed by atoms with E-state index in [0.717, 1.165) is 81.8 Å². The van der Waals surface area contributed by atoms with Crippen molar-refractivity contribution in [1.82, 2.24) is 20.2 Å². The monoisotopic (exact) mass is 522 g/mol. The highest BCUT2D eigenvalue weighted by Crippen LogP contribution is 2.27. The SMILES string of the molecule is CCN(CCNCCN1CCOCC1)c1ccc(Nc2cc(-c3cccc(-c4ccccc4)c3)ncn2)cc1. The Labute approximate surface area is 231 Å². The van der Waals surface area contributed by atoms with E-state index in [1.165, 1.54) is 16.8 Å². The number of hydrogen-bond donors (Lipinski definition) is 2. The molecule has 1 aromatic heterocycles. The number of nitrogens with zero attached hydrogens (tertiary/aromatic N) is 4. The summed E-state index contributed by atoms with van der Waals surface area (Å²) in [6, 6.07) is 29.4. The quantitative estimate of drug-likeness (QED) is 0.245. The molecule has 0 radical (unpaired) electrons. The van der Waals surface area contributed by atoms with Crippen LogP contribution < -0.4 is 15.5 Å². The predicted molar refractivity (Wildman–Crippen MR) is 161 cm³/mol. The van der Waals surface area contributed by atoms with Gasteiger partial charge in [0.2, 0.25) is 0 Å². The average molecular weight is 523 g/mol. The average Bonchev–Trinajstić information content (AvgIpc) is 3.01. The molecule has 3 aromatic carbocycles. The third-order valence-electron chi connectivity index (χ3n) is 7.09. The summed E-state index contributed by atoms with van der Waals surface area (Å²) in [5, 5.41) is 7.03. The smallest absolute Gasteiger partial charge is 0.134 e. The zero-order valence-corrected chi connectivity index (χ0v) is 22.7. The number of aromatic nitrogens is 2. The first-order valence-corrected chi connectivity index (χ1v) is 13.9. The van der Waals surface area contributed by atoms with E-state index in [-0.39, 0.29) is 0 Å². The zero-order chi connectivity index (χ0) is 26.7. The van der Waals surface area contributed by atoms with Crippen LogP contribution in [0, 0.1) is 0 Å². The fraction of sp³-hybridized carbons (Fsp3) is 0.312. The van der Waals surface area contributed by atoms with E-state index in [9.17, 15) is 0 Å². The molecule has 0 spiro atoms. The Kier molecular flexibility index (Phi) is 9.52. The van der Waals surface area contributed by atoms with Gasteiger partial charge in [-0.3, -0.25) is 4.90 Å². The van der Waals surface area contributed by atoms with Gasteiger partial charge in [0.25, 0.3) is 0 Å². The van der Waals surface area contributed by atoms with E-state index in [0.29, 0.717) is 0 Å². The maximum absolute atomic E-state index is 5.43. The topological polar surface area (TPSA) is 65.5 Å². The molecule has 2 N–H and O–H groups in total. The Morgan fingerprint density at radius 2 is 1.59 bits per heavy atom. The van der Waals surface area contributed by atoms with Crippen molar-refractivity contribution in [2.24, 2.45) is 0 Å². The van der Waals surface area contributed by atoms with Gasteiger partial charge in [-0.25, -0.2) is 9.97 Å².